The lowest BCUT2D eigenvalue weighted by Crippen LogP contribution is -2.41. The second-order valence-corrected chi connectivity index (χ2v) is 7.35. The number of methoxy groups -OCH3 is 1. The molecule has 0 bridgehead atoms. The smallest absolute Gasteiger partial charge is 0.332 e. The summed E-state index contributed by atoms with van der Waals surface area (Å²) in [6, 6.07) is 16.7. The van der Waals surface area contributed by atoms with Crippen LogP contribution >= 0.6 is 11.6 Å². The van der Waals surface area contributed by atoms with Gasteiger partial charge in [0.1, 0.15) is 5.75 Å². The molecular formula is C23H18ClN3O4. The Kier molecular flexibility index (Phi) is 5.68. The van der Waals surface area contributed by atoms with Crippen LogP contribution in [0.25, 0.3) is 11.0 Å². The first kappa shape index (κ1) is 20.6. The van der Waals surface area contributed by atoms with Crippen LogP contribution in [0.15, 0.2) is 76.4 Å². The second kappa shape index (κ2) is 8.57. The maximum Gasteiger partial charge on any atom is 0.332 e. The van der Waals surface area contributed by atoms with Gasteiger partial charge in [0.05, 0.1) is 25.7 Å². The fourth-order valence-corrected chi connectivity index (χ4v) is 3.45. The first-order valence-electron chi connectivity index (χ1n) is 9.48. The lowest BCUT2D eigenvalue weighted by molar-refractivity contribution is 0.0971. The van der Waals surface area contributed by atoms with E-state index in [4.69, 9.17) is 16.3 Å². The van der Waals surface area contributed by atoms with Gasteiger partial charge in [0, 0.05) is 16.8 Å². The summed E-state index contributed by atoms with van der Waals surface area (Å²) in [6.45, 7) is -0.188. The number of ether oxygens (including phenoxy) is 1. The summed E-state index contributed by atoms with van der Waals surface area (Å²) in [5, 5.41) is 0.554. The van der Waals surface area contributed by atoms with Gasteiger partial charge in [0.25, 0.3) is 5.56 Å². The van der Waals surface area contributed by atoms with E-state index in [1.54, 1.807) is 67.8 Å². The number of carbonyl (C=O) groups excluding carboxylic acids is 1. The van der Waals surface area contributed by atoms with Gasteiger partial charge in [-0.3, -0.25) is 18.7 Å². The molecule has 0 spiro atoms. The third kappa shape index (κ3) is 4.13. The summed E-state index contributed by atoms with van der Waals surface area (Å²) in [4.78, 5) is 43.2. The SMILES string of the molecule is COc1ccc(C(=O)Cn2c(=O)n(Cc3ccc(Cl)cc3)c(=O)c3ncccc32)cc1. The van der Waals surface area contributed by atoms with E-state index in [0.717, 1.165) is 10.1 Å². The third-order valence-corrected chi connectivity index (χ3v) is 5.21. The van der Waals surface area contributed by atoms with Gasteiger partial charge in [0.2, 0.25) is 0 Å². The highest BCUT2D eigenvalue weighted by molar-refractivity contribution is 6.30. The van der Waals surface area contributed by atoms with Crippen molar-refractivity contribution in [3.05, 3.63) is 104 Å². The van der Waals surface area contributed by atoms with Gasteiger partial charge < -0.3 is 4.74 Å². The van der Waals surface area contributed by atoms with Crippen molar-refractivity contribution in [1.29, 1.82) is 0 Å². The number of rotatable bonds is 6. The molecule has 156 valence electrons. The second-order valence-electron chi connectivity index (χ2n) is 6.91. The molecule has 8 heteroatoms. The van der Waals surface area contributed by atoms with Crippen molar-refractivity contribution >= 4 is 28.4 Å². The average Bonchev–Trinajstić information content (AvgIpc) is 2.80. The number of fused-ring (bicyclic) bond motifs is 1. The molecule has 31 heavy (non-hydrogen) atoms. The minimum absolute atomic E-state index is 0.0398. The van der Waals surface area contributed by atoms with Gasteiger partial charge in [-0.25, -0.2) is 9.78 Å². The third-order valence-electron chi connectivity index (χ3n) is 4.95. The number of aromatic nitrogens is 3. The number of Topliss-reactive ketones (excluding diaryl/α,β-unsaturated/α-hetero) is 1. The molecule has 0 saturated heterocycles. The molecule has 2 aromatic carbocycles. The van der Waals surface area contributed by atoms with Crippen LogP contribution in [0.4, 0.5) is 0 Å². The van der Waals surface area contributed by atoms with Crippen molar-refractivity contribution in [1.82, 2.24) is 14.1 Å². The van der Waals surface area contributed by atoms with Crippen LogP contribution in [0, 0.1) is 0 Å². The van der Waals surface area contributed by atoms with Crippen molar-refractivity contribution in [3.8, 4) is 5.75 Å². The Morgan fingerprint density at radius 3 is 2.39 bits per heavy atom. The summed E-state index contributed by atoms with van der Waals surface area (Å²) in [5.74, 6) is 0.353. The van der Waals surface area contributed by atoms with Gasteiger partial charge in [0.15, 0.2) is 11.3 Å². The van der Waals surface area contributed by atoms with E-state index in [1.807, 2.05) is 0 Å². The van der Waals surface area contributed by atoms with Crippen LogP contribution in [-0.2, 0) is 13.1 Å². The Bertz CT molecular complexity index is 1370. The molecule has 0 aliphatic heterocycles. The van der Waals surface area contributed by atoms with Crippen molar-refractivity contribution in [3.63, 3.8) is 0 Å². The zero-order chi connectivity index (χ0) is 22.0. The van der Waals surface area contributed by atoms with Crippen LogP contribution in [0.2, 0.25) is 5.02 Å². The Labute approximate surface area is 182 Å². The molecule has 4 aromatic rings. The van der Waals surface area contributed by atoms with Crippen LogP contribution in [0.3, 0.4) is 0 Å². The van der Waals surface area contributed by atoms with E-state index in [-0.39, 0.29) is 24.4 Å². The Morgan fingerprint density at radius 2 is 1.71 bits per heavy atom. The molecule has 0 saturated carbocycles. The predicted molar refractivity (Wildman–Crippen MR) is 118 cm³/mol. The van der Waals surface area contributed by atoms with Gasteiger partial charge in [-0.05, 0) is 54.1 Å². The number of pyridine rings is 1. The Hall–Kier alpha value is -3.71. The molecule has 4 rings (SSSR count). The van der Waals surface area contributed by atoms with Crippen LogP contribution in [0.5, 0.6) is 5.75 Å². The summed E-state index contributed by atoms with van der Waals surface area (Å²) in [6.07, 6.45) is 1.48. The number of benzene rings is 2. The van der Waals surface area contributed by atoms with Gasteiger partial charge in [-0.1, -0.05) is 23.7 Å². The van der Waals surface area contributed by atoms with E-state index >= 15 is 0 Å². The zero-order valence-electron chi connectivity index (χ0n) is 16.6. The molecule has 0 amide bonds. The highest BCUT2D eigenvalue weighted by atomic mass is 35.5. The molecule has 0 radical (unpaired) electrons. The number of hydrogen-bond donors (Lipinski definition) is 0. The monoisotopic (exact) mass is 435 g/mol. The van der Waals surface area contributed by atoms with Crippen LogP contribution < -0.4 is 16.0 Å². The lowest BCUT2D eigenvalue weighted by Gasteiger charge is -2.13. The minimum Gasteiger partial charge on any atom is -0.497 e. The molecule has 2 heterocycles. The minimum atomic E-state index is -0.581. The van der Waals surface area contributed by atoms with E-state index in [0.29, 0.717) is 21.9 Å². The van der Waals surface area contributed by atoms with Crippen LogP contribution in [-0.4, -0.2) is 27.0 Å². The topological polar surface area (TPSA) is 83.2 Å². The Balaban J connectivity index is 1.80. The van der Waals surface area contributed by atoms with Gasteiger partial charge in [-0.2, -0.15) is 0 Å². The van der Waals surface area contributed by atoms with Crippen molar-refractivity contribution in [2.75, 3.05) is 7.11 Å². The van der Waals surface area contributed by atoms with E-state index in [2.05, 4.69) is 4.98 Å². The average molecular weight is 436 g/mol. The van der Waals surface area contributed by atoms with Crippen molar-refractivity contribution in [2.45, 2.75) is 13.1 Å². The number of carbonyl (C=O) groups is 1. The highest BCUT2D eigenvalue weighted by Crippen LogP contribution is 2.14. The molecule has 0 aliphatic carbocycles. The van der Waals surface area contributed by atoms with Gasteiger partial charge in [-0.15, -0.1) is 0 Å². The molecule has 0 aliphatic rings. The zero-order valence-corrected chi connectivity index (χ0v) is 17.4. The van der Waals surface area contributed by atoms with Gasteiger partial charge >= 0.3 is 5.69 Å². The maximum absolute atomic E-state index is 13.2. The number of nitrogens with zero attached hydrogens (tertiary/aromatic N) is 3. The van der Waals surface area contributed by atoms with Crippen molar-refractivity contribution in [2.24, 2.45) is 0 Å². The first-order chi connectivity index (χ1) is 15.0. The van der Waals surface area contributed by atoms with Crippen LogP contribution in [0.1, 0.15) is 15.9 Å². The summed E-state index contributed by atoms with van der Waals surface area (Å²) in [7, 11) is 1.54. The highest BCUT2D eigenvalue weighted by Gasteiger charge is 2.17. The Morgan fingerprint density at radius 1 is 1.00 bits per heavy atom. The predicted octanol–water partition coefficient (Wildman–Crippen LogP) is 3.15. The first-order valence-corrected chi connectivity index (χ1v) is 9.86. The summed E-state index contributed by atoms with van der Waals surface area (Å²) < 4.78 is 7.48. The molecule has 7 nitrogen and oxygen atoms in total. The normalized spacial score (nSPS) is 10.9. The lowest BCUT2D eigenvalue weighted by atomic mass is 10.1. The molecule has 0 N–H and O–H groups in total. The van der Waals surface area contributed by atoms with E-state index < -0.39 is 11.2 Å². The largest absolute Gasteiger partial charge is 0.497 e. The van der Waals surface area contributed by atoms with E-state index in [9.17, 15) is 14.4 Å². The molecule has 2 aromatic heterocycles. The van der Waals surface area contributed by atoms with Crippen molar-refractivity contribution < 1.29 is 9.53 Å². The van der Waals surface area contributed by atoms with E-state index in [1.165, 1.54) is 10.8 Å². The number of hydrogen-bond acceptors (Lipinski definition) is 5. The quantitative estimate of drug-likeness (QED) is 0.434. The molecule has 0 atom stereocenters. The standard InChI is InChI=1S/C23H18ClN3O4/c1-31-18-10-6-16(7-11-18)20(28)14-26-19-3-2-12-25-21(19)22(29)27(23(26)30)13-15-4-8-17(24)9-5-15/h2-12H,13-14H2,1H3. The molecular weight excluding hydrogens is 418 g/mol. The number of halogens is 1. The molecule has 0 fully saturated rings. The maximum atomic E-state index is 13.2. The number of ketones is 1. The molecule has 0 unspecified atom stereocenters. The fourth-order valence-electron chi connectivity index (χ4n) is 3.32. The summed E-state index contributed by atoms with van der Waals surface area (Å²) >= 11 is 5.93. The fraction of sp³-hybridized carbons (Fsp3) is 0.130. The summed E-state index contributed by atoms with van der Waals surface area (Å²) in [5.41, 5.74) is 0.503.